The summed E-state index contributed by atoms with van der Waals surface area (Å²) < 4.78 is 28.8. The topological polar surface area (TPSA) is 82.8 Å². The Hall–Kier alpha value is -2.39. The van der Waals surface area contributed by atoms with E-state index in [0.717, 1.165) is 32.0 Å². The molecule has 0 spiro atoms. The van der Waals surface area contributed by atoms with Crippen LogP contribution in [0.25, 0.3) is 0 Å². The third-order valence-electron chi connectivity index (χ3n) is 5.59. The minimum absolute atomic E-state index is 0.299. The van der Waals surface area contributed by atoms with Crippen molar-refractivity contribution >= 4 is 16.0 Å². The summed E-state index contributed by atoms with van der Waals surface area (Å²) in [5.41, 5.74) is 0.693. The van der Waals surface area contributed by atoms with Crippen molar-refractivity contribution in [2.24, 2.45) is 10.9 Å². The monoisotopic (exact) mass is 432 g/mol. The van der Waals surface area contributed by atoms with E-state index < -0.39 is 10.0 Å². The van der Waals surface area contributed by atoms with Gasteiger partial charge in [0.25, 0.3) is 0 Å². The normalized spacial score (nSPS) is 20.6. The minimum atomic E-state index is -3.52. The number of aliphatic imine (C=N–C) groups is 1. The molecule has 1 N–H and O–H groups in total. The van der Waals surface area contributed by atoms with Gasteiger partial charge in [0.05, 0.1) is 23.8 Å². The molecule has 1 saturated heterocycles. The standard InChI is InChI=1S/C21H32N6O2S/c1-5-23-21(26-12-10-17(2)19(15-26)27-13-11-22-16-27)24-14-18-8-6-7-9-20(18)30(28,29)25(3)4/h6-9,11,13,16-17,19H,5,10,12,14-15H2,1-4H3,(H,23,24). The first-order chi connectivity index (χ1) is 14.3. The summed E-state index contributed by atoms with van der Waals surface area (Å²) in [6.45, 7) is 7.11. The van der Waals surface area contributed by atoms with Gasteiger partial charge in [-0.05, 0) is 30.9 Å². The summed E-state index contributed by atoms with van der Waals surface area (Å²) in [5, 5.41) is 3.38. The number of aromatic nitrogens is 2. The number of nitrogens with one attached hydrogen (secondary N) is 1. The van der Waals surface area contributed by atoms with Gasteiger partial charge in [-0.3, -0.25) is 0 Å². The highest BCUT2D eigenvalue weighted by molar-refractivity contribution is 7.89. The molecule has 164 valence electrons. The Balaban J connectivity index is 1.84. The number of nitrogens with zero attached hydrogens (tertiary/aromatic N) is 5. The van der Waals surface area contributed by atoms with Crippen molar-refractivity contribution < 1.29 is 8.42 Å². The van der Waals surface area contributed by atoms with Gasteiger partial charge in [0.1, 0.15) is 0 Å². The molecule has 2 aromatic rings. The van der Waals surface area contributed by atoms with E-state index in [2.05, 4.69) is 26.7 Å². The summed E-state index contributed by atoms with van der Waals surface area (Å²) in [7, 11) is -0.426. The summed E-state index contributed by atoms with van der Waals surface area (Å²) in [6, 6.07) is 7.40. The van der Waals surface area contributed by atoms with Crippen molar-refractivity contribution in [3.05, 3.63) is 48.5 Å². The Morgan fingerprint density at radius 1 is 1.33 bits per heavy atom. The first-order valence-corrected chi connectivity index (χ1v) is 11.8. The quantitative estimate of drug-likeness (QED) is 0.559. The van der Waals surface area contributed by atoms with E-state index in [9.17, 15) is 8.42 Å². The van der Waals surface area contributed by atoms with Crippen molar-refractivity contribution in [1.29, 1.82) is 0 Å². The Bertz CT molecular complexity index is 956. The van der Waals surface area contributed by atoms with Gasteiger partial charge in [0, 0.05) is 46.1 Å². The van der Waals surface area contributed by atoms with Crippen molar-refractivity contribution in [3.8, 4) is 0 Å². The highest BCUT2D eigenvalue weighted by Gasteiger charge is 2.29. The highest BCUT2D eigenvalue weighted by Crippen LogP contribution is 2.27. The van der Waals surface area contributed by atoms with Gasteiger partial charge in [-0.25, -0.2) is 22.7 Å². The van der Waals surface area contributed by atoms with E-state index in [1.54, 1.807) is 26.2 Å². The predicted molar refractivity (Wildman–Crippen MR) is 119 cm³/mol. The van der Waals surface area contributed by atoms with E-state index in [1.165, 1.54) is 4.31 Å². The lowest BCUT2D eigenvalue weighted by atomic mass is 9.93. The summed E-state index contributed by atoms with van der Waals surface area (Å²) in [5.74, 6) is 1.36. The van der Waals surface area contributed by atoms with Crippen LogP contribution in [0.1, 0.15) is 31.9 Å². The van der Waals surface area contributed by atoms with Crippen LogP contribution in [0, 0.1) is 5.92 Å². The fourth-order valence-electron chi connectivity index (χ4n) is 3.76. The second kappa shape index (κ2) is 9.61. The molecule has 2 atom stereocenters. The van der Waals surface area contributed by atoms with Crippen LogP contribution in [0.2, 0.25) is 0 Å². The molecule has 0 bridgehead atoms. The molecule has 9 heteroatoms. The van der Waals surface area contributed by atoms with E-state index >= 15 is 0 Å². The molecule has 30 heavy (non-hydrogen) atoms. The Morgan fingerprint density at radius 3 is 2.77 bits per heavy atom. The van der Waals surface area contributed by atoms with Crippen molar-refractivity contribution in [2.45, 2.75) is 37.8 Å². The molecular formula is C21H32N6O2S. The van der Waals surface area contributed by atoms with Gasteiger partial charge in [-0.2, -0.15) is 0 Å². The maximum Gasteiger partial charge on any atom is 0.242 e. The molecule has 0 aliphatic carbocycles. The highest BCUT2D eigenvalue weighted by atomic mass is 32.2. The largest absolute Gasteiger partial charge is 0.357 e. The van der Waals surface area contributed by atoms with Gasteiger partial charge in [0.15, 0.2) is 5.96 Å². The molecule has 1 aliphatic heterocycles. The van der Waals surface area contributed by atoms with Crippen molar-refractivity contribution in [1.82, 2.24) is 24.1 Å². The van der Waals surface area contributed by atoms with Crippen LogP contribution >= 0.6 is 0 Å². The number of piperidine rings is 1. The lowest BCUT2D eigenvalue weighted by Gasteiger charge is -2.39. The summed E-state index contributed by atoms with van der Waals surface area (Å²) in [6.07, 6.45) is 6.75. The van der Waals surface area contributed by atoms with Gasteiger partial charge in [-0.15, -0.1) is 0 Å². The van der Waals surface area contributed by atoms with Crippen LogP contribution < -0.4 is 5.32 Å². The zero-order valence-electron chi connectivity index (χ0n) is 18.2. The molecular weight excluding hydrogens is 400 g/mol. The Labute approximate surface area is 179 Å². The molecule has 1 aromatic carbocycles. The first kappa shape index (κ1) is 22.3. The summed E-state index contributed by atoms with van der Waals surface area (Å²) >= 11 is 0. The Morgan fingerprint density at radius 2 is 2.10 bits per heavy atom. The number of guanidine groups is 1. The fourth-order valence-corrected chi connectivity index (χ4v) is 4.87. The van der Waals surface area contributed by atoms with E-state index in [-0.39, 0.29) is 0 Å². The molecule has 0 amide bonds. The zero-order chi connectivity index (χ0) is 21.7. The van der Waals surface area contributed by atoms with Crippen LogP contribution in [0.3, 0.4) is 0 Å². The average molecular weight is 433 g/mol. The molecule has 0 saturated carbocycles. The molecule has 3 rings (SSSR count). The van der Waals surface area contributed by atoms with E-state index in [4.69, 9.17) is 4.99 Å². The van der Waals surface area contributed by atoms with Crippen molar-refractivity contribution in [2.75, 3.05) is 33.7 Å². The smallest absolute Gasteiger partial charge is 0.242 e. The van der Waals surface area contributed by atoms with E-state index in [1.807, 2.05) is 37.8 Å². The lowest BCUT2D eigenvalue weighted by molar-refractivity contribution is 0.189. The maximum absolute atomic E-state index is 12.7. The van der Waals surface area contributed by atoms with Gasteiger partial charge in [-0.1, -0.05) is 25.1 Å². The number of hydrogen-bond donors (Lipinski definition) is 1. The van der Waals surface area contributed by atoms with Crippen LogP contribution in [-0.4, -0.2) is 66.9 Å². The van der Waals surface area contributed by atoms with E-state index in [0.29, 0.717) is 29.0 Å². The lowest BCUT2D eigenvalue weighted by Crippen LogP contribution is -2.49. The molecule has 2 heterocycles. The number of benzene rings is 1. The SMILES string of the molecule is CCNC(=NCc1ccccc1S(=O)(=O)N(C)C)N1CCC(C)C(n2ccnc2)C1. The number of sulfonamides is 1. The molecule has 2 unspecified atom stereocenters. The first-order valence-electron chi connectivity index (χ1n) is 10.4. The number of rotatable bonds is 6. The minimum Gasteiger partial charge on any atom is -0.357 e. The van der Waals surface area contributed by atoms with Gasteiger partial charge in [0.2, 0.25) is 10.0 Å². The fraction of sp³-hybridized carbons (Fsp3) is 0.524. The van der Waals surface area contributed by atoms with Crippen LogP contribution in [0.5, 0.6) is 0 Å². The number of likely N-dealkylation sites (tertiary alicyclic amines) is 1. The Kier molecular flexibility index (Phi) is 7.14. The van der Waals surface area contributed by atoms with Crippen LogP contribution in [-0.2, 0) is 16.6 Å². The van der Waals surface area contributed by atoms with Gasteiger partial charge < -0.3 is 14.8 Å². The van der Waals surface area contributed by atoms with Gasteiger partial charge >= 0.3 is 0 Å². The van der Waals surface area contributed by atoms with Crippen LogP contribution in [0.15, 0.2) is 52.9 Å². The molecule has 1 aliphatic rings. The second-order valence-electron chi connectivity index (χ2n) is 7.85. The number of imidazole rings is 1. The third kappa shape index (κ3) is 4.84. The number of hydrogen-bond acceptors (Lipinski definition) is 4. The second-order valence-corrected chi connectivity index (χ2v) is 9.97. The molecule has 8 nitrogen and oxygen atoms in total. The molecule has 0 radical (unpaired) electrons. The van der Waals surface area contributed by atoms with Crippen molar-refractivity contribution in [3.63, 3.8) is 0 Å². The molecule has 1 fully saturated rings. The van der Waals surface area contributed by atoms with Crippen LogP contribution in [0.4, 0.5) is 0 Å². The average Bonchev–Trinajstić information content (AvgIpc) is 3.26. The predicted octanol–water partition coefficient (Wildman–Crippen LogP) is 2.18. The summed E-state index contributed by atoms with van der Waals surface area (Å²) in [4.78, 5) is 11.6. The molecule has 1 aromatic heterocycles. The maximum atomic E-state index is 12.7. The third-order valence-corrected chi connectivity index (χ3v) is 7.51. The zero-order valence-corrected chi connectivity index (χ0v) is 19.0.